The number of para-hydroxylation sites is 2. The Balaban J connectivity index is 2.35. The van der Waals surface area contributed by atoms with Crippen LogP contribution in [0.1, 0.15) is 18.8 Å². The summed E-state index contributed by atoms with van der Waals surface area (Å²) in [4.78, 5) is 15.7. The molecule has 1 atom stereocenters. The van der Waals surface area contributed by atoms with Gasteiger partial charge in [-0.2, -0.15) is 0 Å². The van der Waals surface area contributed by atoms with Crippen molar-refractivity contribution in [2.45, 2.75) is 13.0 Å². The van der Waals surface area contributed by atoms with Crippen LogP contribution >= 0.6 is 11.6 Å². The van der Waals surface area contributed by atoms with Crippen LogP contribution in [-0.2, 0) is 11.8 Å². The molecule has 2 rings (SSSR count). The molecule has 0 fully saturated rings. The van der Waals surface area contributed by atoms with E-state index in [1.807, 2.05) is 42.8 Å². The number of nitrogens with one attached hydrogen (secondary N) is 1. The van der Waals surface area contributed by atoms with Gasteiger partial charge in [0.15, 0.2) is 0 Å². The zero-order valence-corrected chi connectivity index (χ0v) is 10.5. The van der Waals surface area contributed by atoms with Crippen molar-refractivity contribution >= 4 is 28.5 Å². The Kier molecular flexibility index (Phi) is 3.33. The Hall–Kier alpha value is -1.55. The van der Waals surface area contributed by atoms with Crippen LogP contribution in [0.3, 0.4) is 0 Å². The second kappa shape index (κ2) is 4.75. The Labute approximate surface area is 105 Å². The maximum absolute atomic E-state index is 11.2. The number of carbonyl (C=O) groups is 1. The quantitative estimate of drug-likeness (QED) is 0.848. The molecule has 1 amide bonds. The highest BCUT2D eigenvalue weighted by atomic mass is 35.5. The Morgan fingerprint density at radius 3 is 2.88 bits per heavy atom. The largest absolute Gasteiger partial charge is 0.345 e. The molecule has 4 nitrogen and oxygen atoms in total. The zero-order chi connectivity index (χ0) is 12.4. The van der Waals surface area contributed by atoms with Gasteiger partial charge in [-0.05, 0) is 19.1 Å². The van der Waals surface area contributed by atoms with Gasteiger partial charge in [-0.1, -0.05) is 12.1 Å². The predicted octanol–water partition coefficient (Wildman–Crippen LogP) is 1.99. The van der Waals surface area contributed by atoms with Crippen LogP contribution in [0.2, 0.25) is 0 Å². The van der Waals surface area contributed by atoms with E-state index in [1.54, 1.807) is 0 Å². The summed E-state index contributed by atoms with van der Waals surface area (Å²) in [5.74, 6) is 0.602. The first-order valence-electron chi connectivity index (χ1n) is 5.40. The standard InChI is InChI=1S/C12H14ClN3O/c1-8(14-11(17)7-13)12-15-9-5-3-4-6-10(9)16(12)2/h3-6,8H,7H2,1-2H3,(H,14,17)/t8-/m1/s1. The third-order valence-corrected chi connectivity index (χ3v) is 2.95. The number of nitrogens with zero attached hydrogens (tertiary/aromatic N) is 2. The normalized spacial score (nSPS) is 12.6. The van der Waals surface area contributed by atoms with Crippen molar-refractivity contribution in [1.29, 1.82) is 0 Å². The van der Waals surface area contributed by atoms with Gasteiger partial charge in [0, 0.05) is 7.05 Å². The maximum atomic E-state index is 11.2. The second-order valence-corrected chi connectivity index (χ2v) is 4.21. The Morgan fingerprint density at radius 1 is 1.53 bits per heavy atom. The minimum absolute atomic E-state index is 0.0334. The molecular formula is C12H14ClN3O. The van der Waals surface area contributed by atoms with E-state index in [4.69, 9.17) is 11.6 Å². The molecule has 0 saturated carbocycles. The molecule has 0 spiro atoms. The number of carbonyl (C=O) groups excluding carboxylic acids is 1. The number of imidazole rings is 1. The molecule has 2 aromatic rings. The van der Waals surface area contributed by atoms with E-state index in [2.05, 4.69) is 10.3 Å². The molecule has 1 N–H and O–H groups in total. The van der Waals surface area contributed by atoms with Gasteiger partial charge in [0.05, 0.1) is 17.1 Å². The van der Waals surface area contributed by atoms with Gasteiger partial charge in [0.2, 0.25) is 5.91 Å². The van der Waals surface area contributed by atoms with E-state index in [-0.39, 0.29) is 17.8 Å². The molecule has 0 aliphatic carbocycles. The van der Waals surface area contributed by atoms with E-state index in [9.17, 15) is 4.79 Å². The molecule has 0 bridgehead atoms. The summed E-state index contributed by atoms with van der Waals surface area (Å²) in [5.41, 5.74) is 1.98. The summed E-state index contributed by atoms with van der Waals surface area (Å²) < 4.78 is 1.98. The van der Waals surface area contributed by atoms with Crippen molar-refractivity contribution < 1.29 is 4.79 Å². The first-order valence-corrected chi connectivity index (χ1v) is 5.93. The molecule has 1 heterocycles. The predicted molar refractivity (Wildman–Crippen MR) is 68.0 cm³/mol. The molecule has 90 valence electrons. The van der Waals surface area contributed by atoms with Crippen LogP contribution in [0, 0.1) is 0 Å². The highest BCUT2D eigenvalue weighted by Gasteiger charge is 2.15. The van der Waals surface area contributed by atoms with E-state index in [0.29, 0.717) is 0 Å². The fourth-order valence-electron chi connectivity index (χ4n) is 1.90. The third-order valence-electron chi connectivity index (χ3n) is 2.71. The number of halogens is 1. The van der Waals surface area contributed by atoms with Crippen LogP contribution in [0.4, 0.5) is 0 Å². The van der Waals surface area contributed by atoms with Crippen molar-refractivity contribution in [2.75, 3.05) is 5.88 Å². The topological polar surface area (TPSA) is 46.9 Å². The molecule has 0 saturated heterocycles. The van der Waals surface area contributed by atoms with Crippen LogP contribution in [0.15, 0.2) is 24.3 Å². The fourth-order valence-corrected chi connectivity index (χ4v) is 1.97. The zero-order valence-electron chi connectivity index (χ0n) is 9.77. The summed E-state index contributed by atoms with van der Waals surface area (Å²) in [6.07, 6.45) is 0. The lowest BCUT2D eigenvalue weighted by Gasteiger charge is -2.12. The van der Waals surface area contributed by atoms with E-state index >= 15 is 0 Å². The number of aryl methyl sites for hydroxylation is 1. The van der Waals surface area contributed by atoms with E-state index in [0.717, 1.165) is 16.9 Å². The Bertz CT molecular complexity index is 550. The summed E-state index contributed by atoms with van der Waals surface area (Å²) in [6.45, 7) is 1.89. The average Bonchev–Trinajstić information content (AvgIpc) is 2.67. The summed E-state index contributed by atoms with van der Waals surface area (Å²) >= 11 is 5.46. The van der Waals surface area contributed by atoms with E-state index < -0.39 is 0 Å². The van der Waals surface area contributed by atoms with Gasteiger partial charge in [-0.25, -0.2) is 4.98 Å². The molecular weight excluding hydrogens is 238 g/mol. The summed E-state index contributed by atoms with van der Waals surface area (Å²) in [7, 11) is 1.94. The number of amides is 1. The number of benzene rings is 1. The Morgan fingerprint density at radius 2 is 2.24 bits per heavy atom. The minimum Gasteiger partial charge on any atom is -0.345 e. The van der Waals surface area contributed by atoms with Gasteiger partial charge >= 0.3 is 0 Å². The lowest BCUT2D eigenvalue weighted by atomic mass is 10.3. The third kappa shape index (κ3) is 2.26. The van der Waals surface area contributed by atoms with Crippen molar-refractivity contribution in [3.8, 4) is 0 Å². The highest BCUT2D eigenvalue weighted by Crippen LogP contribution is 2.18. The van der Waals surface area contributed by atoms with Gasteiger partial charge in [0.1, 0.15) is 11.7 Å². The van der Waals surface area contributed by atoms with Crippen LogP contribution in [0.25, 0.3) is 11.0 Å². The minimum atomic E-state index is -0.189. The van der Waals surface area contributed by atoms with Gasteiger partial charge in [-0.3, -0.25) is 4.79 Å². The monoisotopic (exact) mass is 251 g/mol. The summed E-state index contributed by atoms with van der Waals surface area (Å²) in [6, 6.07) is 7.71. The second-order valence-electron chi connectivity index (χ2n) is 3.94. The maximum Gasteiger partial charge on any atom is 0.235 e. The van der Waals surface area contributed by atoms with E-state index in [1.165, 1.54) is 0 Å². The number of aromatic nitrogens is 2. The van der Waals surface area contributed by atoms with Crippen LogP contribution in [-0.4, -0.2) is 21.3 Å². The van der Waals surface area contributed by atoms with Crippen molar-refractivity contribution in [1.82, 2.24) is 14.9 Å². The van der Waals surface area contributed by atoms with Crippen LogP contribution < -0.4 is 5.32 Å². The van der Waals surface area contributed by atoms with Gasteiger partial charge in [-0.15, -0.1) is 11.6 Å². The fraction of sp³-hybridized carbons (Fsp3) is 0.333. The molecule has 17 heavy (non-hydrogen) atoms. The van der Waals surface area contributed by atoms with Crippen molar-refractivity contribution in [3.05, 3.63) is 30.1 Å². The SMILES string of the molecule is C[C@@H](NC(=O)CCl)c1nc2ccccc2n1C. The molecule has 0 aliphatic rings. The number of hydrogen-bond donors (Lipinski definition) is 1. The number of hydrogen-bond acceptors (Lipinski definition) is 2. The summed E-state index contributed by atoms with van der Waals surface area (Å²) in [5, 5.41) is 2.79. The molecule has 0 aliphatic heterocycles. The first kappa shape index (κ1) is 11.9. The van der Waals surface area contributed by atoms with Crippen molar-refractivity contribution in [3.63, 3.8) is 0 Å². The number of fused-ring (bicyclic) bond motifs is 1. The van der Waals surface area contributed by atoms with Crippen LogP contribution in [0.5, 0.6) is 0 Å². The molecule has 0 unspecified atom stereocenters. The van der Waals surface area contributed by atoms with Gasteiger partial charge < -0.3 is 9.88 Å². The molecule has 5 heteroatoms. The van der Waals surface area contributed by atoms with Crippen molar-refractivity contribution in [2.24, 2.45) is 7.05 Å². The molecule has 1 aromatic heterocycles. The molecule has 0 radical (unpaired) electrons. The lowest BCUT2D eigenvalue weighted by Crippen LogP contribution is -2.29. The number of rotatable bonds is 3. The molecule has 1 aromatic carbocycles. The number of alkyl halides is 1. The highest BCUT2D eigenvalue weighted by molar-refractivity contribution is 6.27. The average molecular weight is 252 g/mol. The smallest absolute Gasteiger partial charge is 0.235 e. The van der Waals surface area contributed by atoms with Gasteiger partial charge in [0.25, 0.3) is 0 Å². The lowest BCUT2D eigenvalue weighted by molar-refractivity contribution is -0.119. The first-order chi connectivity index (χ1) is 8.13.